The quantitative estimate of drug-likeness (QED) is 0.210. The fourth-order valence-electron chi connectivity index (χ4n) is 0.775. The van der Waals surface area contributed by atoms with E-state index in [2.05, 4.69) is 10.8 Å². The molecule has 0 aromatic heterocycles. The van der Waals surface area contributed by atoms with E-state index in [1.807, 2.05) is 30.3 Å². The number of ether oxygens (including phenoxy) is 1. The van der Waals surface area contributed by atoms with E-state index in [1.165, 1.54) is 0 Å². The summed E-state index contributed by atoms with van der Waals surface area (Å²) in [4.78, 5) is 20.0. The third kappa shape index (κ3) is 5.58. The molecule has 1 aliphatic heterocycles. The molecule has 1 saturated heterocycles. The van der Waals surface area contributed by atoms with E-state index < -0.39 is 11.9 Å². The zero-order valence-electron chi connectivity index (χ0n) is 8.03. The van der Waals surface area contributed by atoms with Crippen LogP contribution < -0.4 is 18.9 Å². The van der Waals surface area contributed by atoms with Crippen molar-refractivity contribution in [2.75, 3.05) is 0 Å². The van der Waals surface area contributed by atoms with E-state index in [1.54, 1.807) is 0 Å². The van der Waals surface area contributed by atoms with Crippen molar-refractivity contribution in [2.24, 2.45) is 0 Å². The summed E-state index contributed by atoms with van der Waals surface area (Å²) in [6.45, 7) is 0. The summed E-state index contributed by atoms with van der Waals surface area (Å²) < 4.78 is 4.08. The van der Waals surface area contributed by atoms with Crippen LogP contribution in [0.2, 0.25) is 0 Å². The van der Waals surface area contributed by atoms with Gasteiger partial charge in [-0.05, 0) is 0 Å². The summed E-state index contributed by atoms with van der Waals surface area (Å²) in [7, 11) is 0. The van der Waals surface area contributed by atoms with Gasteiger partial charge in [0.15, 0.2) is 0 Å². The van der Waals surface area contributed by atoms with Gasteiger partial charge in [-0.25, -0.2) is 0 Å². The van der Waals surface area contributed by atoms with Crippen LogP contribution in [0.4, 0.5) is 0 Å². The molecule has 4 heteroatoms. The molecule has 0 aliphatic carbocycles. The molecule has 2 rings (SSSR count). The molecule has 0 amide bonds. The summed E-state index contributed by atoms with van der Waals surface area (Å²) >= 11 is 0. The van der Waals surface area contributed by atoms with E-state index >= 15 is 0 Å². The number of carbonyl (C=O) groups excluding carboxylic acids is 2. The van der Waals surface area contributed by atoms with Crippen LogP contribution in [-0.2, 0) is 14.3 Å². The molecule has 14 heavy (non-hydrogen) atoms. The van der Waals surface area contributed by atoms with Crippen LogP contribution in [0, 0.1) is 6.07 Å². The fourth-order valence-corrected chi connectivity index (χ4v) is 0.775. The van der Waals surface area contributed by atoms with Crippen LogP contribution in [0.5, 0.6) is 0 Å². The van der Waals surface area contributed by atoms with Crippen LogP contribution in [0.15, 0.2) is 30.3 Å². The van der Waals surface area contributed by atoms with Crippen LogP contribution in [0.3, 0.4) is 0 Å². The first-order chi connectivity index (χ1) is 6.29. The molecule has 0 bridgehead atoms. The second-order valence-electron chi connectivity index (χ2n) is 2.42. The molecule has 0 atom stereocenters. The Labute approximate surface area is 94.6 Å². The second-order valence-corrected chi connectivity index (χ2v) is 2.42. The molecule has 0 N–H and O–H groups in total. The third-order valence-electron chi connectivity index (χ3n) is 1.37. The standard InChI is InChI=1S/C6H5.C4H4O3.Li/c1-2-4-6-5-3-1;5-3-1-2-4(6)7-3;/h1-5H;1-2H2;/q-1;;+1. The molecule has 0 unspecified atom stereocenters. The zero-order valence-corrected chi connectivity index (χ0v) is 8.03. The molecule has 1 aliphatic rings. The second kappa shape index (κ2) is 7.37. The largest absolute Gasteiger partial charge is 1.00 e. The Morgan fingerprint density at radius 1 is 1.00 bits per heavy atom. The Morgan fingerprint density at radius 2 is 1.50 bits per heavy atom. The number of rotatable bonds is 0. The van der Waals surface area contributed by atoms with E-state index in [0.29, 0.717) is 0 Å². The molecule has 0 saturated carbocycles. The molecule has 3 nitrogen and oxygen atoms in total. The van der Waals surface area contributed by atoms with Crippen LogP contribution in [-0.4, -0.2) is 11.9 Å². The first-order valence-corrected chi connectivity index (χ1v) is 3.93. The predicted octanol–water partition coefficient (Wildman–Crippen LogP) is -1.66. The molecule has 0 radical (unpaired) electrons. The number of hydrogen-bond acceptors (Lipinski definition) is 3. The number of carbonyl (C=O) groups is 2. The van der Waals surface area contributed by atoms with Gasteiger partial charge in [0, 0.05) is 0 Å². The number of cyclic esters (lactones) is 2. The van der Waals surface area contributed by atoms with Crippen molar-refractivity contribution in [3.8, 4) is 0 Å². The Kier molecular flexibility index (Phi) is 6.82. The molecule has 1 heterocycles. The van der Waals surface area contributed by atoms with Gasteiger partial charge in [0.1, 0.15) is 0 Å². The van der Waals surface area contributed by atoms with Gasteiger partial charge in [-0.2, -0.15) is 36.4 Å². The van der Waals surface area contributed by atoms with Gasteiger partial charge in [-0.15, -0.1) is 0 Å². The number of hydrogen-bond donors (Lipinski definition) is 0. The van der Waals surface area contributed by atoms with Gasteiger partial charge >= 0.3 is 30.8 Å². The first-order valence-electron chi connectivity index (χ1n) is 3.93. The molecular formula is C10H9LiO3. The van der Waals surface area contributed by atoms with E-state index in [-0.39, 0.29) is 31.7 Å². The zero-order chi connectivity index (χ0) is 9.52. The first kappa shape index (κ1) is 13.0. The van der Waals surface area contributed by atoms with Gasteiger partial charge in [-0.1, -0.05) is 0 Å². The smallest absolute Gasteiger partial charge is 0.393 e. The topological polar surface area (TPSA) is 43.4 Å². The van der Waals surface area contributed by atoms with Gasteiger partial charge in [0.25, 0.3) is 0 Å². The Hall–Kier alpha value is -1.04. The molecule has 68 valence electrons. The van der Waals surface area contributed by atoms with Crippen LogP contribution >= 0.6 is 0 Å². The number of benzene rings is 1. The van der Waals surface area contributed by atoms with Crippen molar-refractivity contribution in [2.45, 2.75) is 12.8 Å². The molecule has 1 fully saturated rings. The maximum atomic E-state index is 10.0. The Bertz CT molecular complexity index is 244. The summed E-state index contributed by atoms with van der Waals surface area (Å²) in [5.41, 5.74) is 0. The molecule has 1 aromatic rings. The summed E-state index contributed by atoms with van der Waals surface area (Å²) in [5, 5.41) is 0. The van der Waals surface area contributed by atoms with Gasteiger partial charge < -0.3 is 4.74 Å². The van der Waals surface area contributed by atoms with E-state index in [4.69, 9.17) is 0 Å². The van der Waals surface area contributed by atoms with Crippen molar-refractivity contribution in [1.82, 2.24) is 0 Å². The minimum atomic E-state index is -0.398. The maximum Gasteiger partial charge on any atom is 1.00 e. The van der Waals surface area contributed by atoms with Crippen molar-refractivity contribution in [3.63, 3.8) is 0 Å². The monoisotopic (exact) mass is 184 g/mol. The predicted molar refractivity (Wildman–Crippen MR) is 45.6 cm³/mol. The normalized spacial score (nSPS) is 13.4. The Morgan fingerprint density at radius 3 is 1.64 bits per heavy atom. The summed E-state index contributed by atoms with van der Waals surface area (Å²) in [6, 6.07) is 12.5. The van der Waals surface area contributed by atoms with Crippen molar-refractivity contribution < 1.29 is 33.2 Å². The van der Waals surface area contributed by atoms with Crippen molar-refractivity contribution in [3.05, 3.63) is 36.4 Å². The maximum absolute atomic E-state index is 10.0. The minimum absolute atomic E-state index is 0. The Balaban J connectivity index is 0.000000227. The number of esters is 2. The van der Waals surface area contributed by atoms with Crippen molar-refractivity contribution in [1.29, 1.82) is 0 Å². The van der Waals surface area contributed by atoms with Gasteiger partial charge in [-0.3, -0.25) is 9.59 Å². The van der Waals surface area contributed by atoms with Gasteiger partial charge in [0.2, 0.25) is 0 Å². The van der Waals surface area contributed by atoms with Crippen LogP contribution in [0.25, 0.3) is 0 Å². The molecular weight excluding hydrogens is 175 g/mol. The van der Waals surface area contributed by atoms with Crippen LogP contribution in [0.1, 0.15) is 12.8 Å². The average Bonchev–Trinajstić information content (AvgIpc) is 2.54. The molecule has 0 spiro atoms. The van der Waals surface area contributed by atoms with E-state index in [0.717, 1.165) is 0 Å². The molecule has 1 aromatic carbocycles. The fraction of sp³-hybridized carbons (Fsp3) is 0.200. The summed E-state index contributed by atoms with van der Waals surface area (Å²) in [5.74, 6) is -0.796. The minimum Gasteiger partial charge on any atom is -0.393 e. The SMILES string of the molecule is O=C1CCC(=O)O1.[Li+].[c-]1ccccc1. The average molecular weight is 184 g/mol. The summed E-state index contributed by atoms with van der Waals surface area (Å²) in [6.07, 6.45) is 0.525. The third-order valence-corrected chi connectivity index (χ3v) is 1.37. The van der Waals surface area contributed by atoms with E-state index in [9.17, 15) is 9.59 Å². The van der Waals surface area contributed by atoms with Crippen molar-refractivity contribution >= 4 is 11.9 Å². The van der Waals surface area contributed by atoms with Gasteiger partial charge in [0.05, 0.1) is 12.8 Å².